The molecule has 1 aliphatic heterocycles. The molecule has 41 heavy (non-hydrogen) atoms. The zero-order chi connectivity index (χ0) is 30.5. The molecule has 1 saturated heterocycles. The van der Waals surface area contributed by atoms with Crippen molar-refractivity contribution in [1.82, 2.24) is 10.6 Å². The second-order valence-corrected chi connectivity index (χ2v) is 12.2. The van der Waals surface area contributed by atoms with Gasteiger partial charge >= 0.3 is 6.09 Å². The third-order valence-corrected chi connectivity index (χ3v) is 8.33. The molecule has 9 heteroatoms. The van der Waals surface area contributed by atoms with Crippen molar-refractivity contribution < 1.29 is 34.1 Å². The fourth-order valence-corrected chi connectivity index (χ4v) is 5.56. The molecule has 0 aliphatic carbocycles. The first kappa shape index (κ1) is 34.7. The quantitative estimate of drug-likeness (QED) is 0.155. The van der Waals surface area contributed by atoms with Crippen molar-refractivity contribution in [3.8, 4) is 0 Å². The van der Waals surface area contributed by atoms with E-state index in [4.69, 9.17) is 9.47 Å². The van der Waals surface area contributed by atoms with Gasteiger partial charge in [-0.25, -0.2) is 4.79 Å². The molecule has 4 atom stereocenters. The molecular weight excluding hydrogens is 524 g/mol. The van der Waals surface area contributed by atoms with Crippen molar-refractivity contribution in [1.29, 1.82) is 0 Å². The summed E-state index contributed by atoms with van der Waals surface area (Å²) in [5.74, 6) is -0.269. The van der Waals surface area contributed by atoms with Gasteiger partial charge in [0.2, 0.25) is 5.91 Å². The van der Waals surface area contributed by atoms with Gasteiger partial charge in [-0.3, -0.25) is 9.59 Å². The number of ether oxygens (including phenoxy) is 2. The molecule has 0 spiro atoms. The number of aliphatic hydroxyl groups excluding tert-OH is 1. The summed E-state index contributed by atoms with van der Waals surface area (Å²) in [4.78, 5) is 37.7. The predicted molar refractivity (Wildman–Crippen MR) is 159 cm³/mol. The van der Waals surface area contributed by atoms with E-state index in [0.29, 0.717) is 51.1 Å². The first-order valence-electron chi connectivity index (χ1n) is 15.1. The molecular formula is C32H52N2O7. The van der Waals surface area contributed by atoms with Crippen LogP contribution in [0.3, 0.4) is 0 Å². The number of amides is 2. The average Bonchev–Trinajstić information content (AvgIpc) is 2.91. The lowest BCUT2D eigenvalue weighted by Gasteiger charge is -2.33. The van der Waals surface area contributed by atoms with Crippen molar-refractivity contribution in [2.45, 2.75) is 97.8 Å². The van der Waals surface area contributed by atoms with Crippen LogP contribution >= 0.6 is 0 Å². The van der Waals surface area contributed by atoms with E-state index in [2.05, 4.69) is 24.5 Å². The van der Waals surface area contributed by atoms with E-state index >= 15 is 0 Å². The molecule has 4 N–H and O–H groups in total. The Kier molecular flexibility index (Phi) is 14.8. The number of carbonyl (C=O) groups is 3. The Morgan fingerprint density at radius 1 is 1.07 bits per heavy atom. The number of benzene rings is 1. The van der Waals surface area contributed by atoms with Crippen molar-refractivity contribution in [3.63, 3.8) is 0 Å². The van der Waals surface area contributed by atoms with Crippen LogP contribution in [0.2, 0.25) is 0 Å². The van der Waals surface area contributed by atoms with Gasteiger partial charge in [0.1, 0.15) is 0 Å². The van der Waals surface area contributed by atoms with E-state index < -0.39 is 24.2 Å². The van der Waals surface area contributed by atoms with Crippen molar-refractivity contribution in [2.75, 3.05) is 26.9 Å². The van der Waals surface area contributed by atoms with E-state index in [1.807, 2.05) is 39.0 Å². The summed E-state index contributed by atoms with van der Waals surface area (Å²) < 4.78 is 10.5. The standard InChI is InChI=1S/C32H52N2O7/c1-20(2)24(16-23-10-9-22(5)27(17-23)29(35)8-7-13-40-6)18-28(34-32(38)39)30(36)19-26(21(3)4)31(37)33-25-11-14-41-15-12-25/h9-10,17,20-21,24-26,28,30,34,36H,7-8,11-16,18-19H2,1-6H3,(H,33,37)(H,38,39). The molecule has 1 aromatic rings. The van der Waals surface area contributed by atoms with Crippen LogP contribution in [0.1, 0.15) is 87.7 Å². The Labute approximate surface area is 245 Å². The average molecular weight is 577 g/mol. The molecule has 232 valence electrons. The Morgan fingerprint density at radius 3 is 2.34 bits per heavy atom. The summed E-state index contributed by atoms with van der Waals surface area (Å²) in [5.41, 5.74) is 2.64. The van der Waals surface area contributed by atoms with E-state index in [9.17, 15) is 24.6 Å². The summed E-state index contributed by atoms with van der Waals surface area (Å²) in [6.45, 7) is 11.8. The van der Waals surface area contributed by atoms with E-state index in [1.54, 1.807) is 7.11 Å². The molecule has 2 rings (SSSR count). The first-order valence-corrected chi connectivity index (χ1v) is 15.1. The lowest BCUT2D eigenvalue weighted by Crippen LogP contribution is -2.48. The smallest absolute Gasteiger partial charge is 0.404 e. The number of nitrogens with one attached hydrogen (secondary N) is 2. The van der Waals surface area contributed by atoms with Crippen LogP contribution in [-0.4, -0.2) is 73.1 Å². The number of hydrogen-bond acceptors (Lipinski definition) is 6. The number of carboxylic acid groups (broad SMARTS) is 1. The topological polar surface area (TPSA) is 134 Å². The zero-order valence-corrected chi connectivity index (χ0v) is 25.8. The summed E-state index contributed by atoms with van der Waals surface area (Å²) in [6, 6.07) is 5.24. The summed E-state index contributed by atoms with van der Waals surface area (Å²) in [6.07, 6.45) is 1.57. The van der Waals surface area contributed by atoms with E-state index in [-0.39, 0.29) is 41.9 Å². The maximum atomic E-state index is 13.2. The largest absolute Gasteiger partial charge is 0.465 e. The van der Waals surface area contributed by atoms with Gasteiger partial charge in [-0.1, -0.05) is 39.8 Å². The van der Waals surface area contributed by atoms with Crippen molar-refractivity contribution in [3.05, 3.63) is 34.9 Å². The van der Waals surface area contributed by atoms with Crippen LogP contribution in [0, 0.1) is 30.6 Å². The molecule has 1 aliphatic rings. The third kappa shape index (κ3) is 11.7. The lowest BCUT2D eigenvalue weighted by atomic mass is 9.80. The molecule has 9 nitrogen and oxygen atoms in total. The van der Waals surface area contributed by atoms with Gasteiger partial charge in [0, 0.05) is 50.9 Å². The number of Topliss-reactive ketones (excluding diaryl/α,β-unsaturated/α-hetero) is 1. The highest BCUT2D eigenvalue weighted by Gasteiger charge is 2.33. The molecule has 1 aromatic carbocycles. The van der Waals surface area contributed by atoms with Gasteiger partial charge in [-0.05, 0) is 80.4 Å². The molecule has 0 aromatic heterocycles. The summed E-state index contributed by atoms with van der Waals surface area (Å²) in [5, 5.41) is 26.5. The number of carbonyl (C=O) groups excluding carboxylic acids is 2. The molecule has 4 unspecified atom stereocenters. The predicted octanol–water partition coefficient (Wildman–Crippen LogP) is 4.76. The zero-order valence-electron chi connectivity index (χ0n) is 25.8. The van der Waals surface area contributed by atoms with Crippen LogP contribution in [0.4, 0.5) is 4.79 Å². The van der Waals surface area contributed by atoms with Crippen LogP contribution in [0.15, 0.2) is 18.2 Å². The highest BCUT2D eigenvalue weighted by atomic mass is 16.5. The second-order valence-electron chi connectivity index (χ2n) is 12.2. The third-order valence-electron chi connectivity index (χ3n) is 8.33. The van der Waals surface area contributed by atoms with E-state index in [1.165, 1.54) is 0 Å². The fraction of sp³-hybridized carbons (Fsp3) is 0.719. The maximum absolute atomic E-state index is 13.2. The fourth-order valence-electron chi connectivity index (χ4n) is 5.56. The Bertz CT molecular complexity index is 975. The normalized spacial score (nSPS) is 17.2. The Balaban J connectivity index is 2.16. The van der Waals surface area contributed by atoms with Gasteiger partial charge in [0.05, 0.1) is 12.1 Å². The van der Waals surface area contributed by atoms with Crippen molar-refractivity contribution in [2.24, 2.45) is 23.7 Å². The van der Waals surface area contributed by atoms with Gasteiger partial charge in [-0.2, -0.15) is 0 Å². The minimum absolute atomic E-state index is 0.0248. The number of aliphatic hydroxyl groups is 1. The van der Waals surface area contributed by atoms with Gasteiger partial charge in [0.25, 0.3) is 0 Å². The van der Waals surface area contributed by atoms with Crippen molar-refractivity contribution >= 4 is 17.8 Å². The monoisotopic (exact) mass is 576 g/mol. The SMILES string of the molecule is COCCCC(=O)c1cc(CC(CC(NC(=O)O)C(O)CC(C(=O)NC2CCOCC2)C(C)C)C(C)C)ccc1C. The minimum Gasteiger partial charge on any atom is -0.465 e. The number of aryl methyl sites for hydroxylation is 1. The maximum Gasteiger partial charge on any atom is 0.404 e. The van der Waals surface area contributed by atoms with Crippen LogP contribution < -0.4 is 10.6 Å². The molecule has 0 bridgehead atoms. The summed E-state index contributed by atoms with van der Waals surface area (Å²) in [7, 11) is 1.62. The van der Waals surface area contributed by atoms with Gasteiger partial charge in [-0.15, -0.1) is 0 Å². The van der Waals surface area contributed by atoms with Crippen LogP contribution in [0.25, 0.3) is 0 Å². The lowest BCUT2D eigenvalue weighted by molar-refractivity contribution is -0.129. The van der Waals surface area contributed by atoms with Gasteiger partial charge in [0.15, 0.2) is 5.78 Å². The highest BCUT2D eigenvalue weighted by Crippen LogP contribution is 2.28. The minimum atomic E-state index is -1.21. The highest BCUT2D eigenvalue weighted by molar-refractivity contribution is 5.97. The molecule has 0 radical (unpaired) electrons. The Hall–Kier alpha value is -2.49. The van der Waals surface area contributed by atoms with Crippen LogP contribution in [0.5, 0.6) is 0 Å². The summed E-state index contributed by atoms with van der Waals surface area (Å²) >= 11 is 0. The molecule has 1 heterocycles. The first-order chi connectivity index (χ1) is 19.4. The number of ketones is 1. The number of rotatable bonds is 17. The Morgan fingerprint density at radius 2 is 1.76 bits per heavy atom. The number of methoxy groups -OCH3 is 1. The van der Waals surface area contributed by atoms with Crippen LogP contribution in [-0.2, 0) is 20.7 Å². The number of hydrogen-bond donors (Lipinski definition) is 4. The molecule has 2 amide bonds. The van der Waals surface area contributed by atoms with E-state index in [0.717, 1.165) is 24.0 Å². The van der Waals surface area contributed by atoms with Gasteiger partial charge < -0.3 is 30.3 Å². The second kappa shape index (κ2) is 17.5. The molecule has 1 fully saturated rings. The molecule has 0 saturated carbocycles.